The molecule has 0 spiro atoms. The summed E-state index contributed by atoms with van der Waals surface area (Å²) in [6, 6.07) is 13.4. The third kappa shape index (κ3) is 3.87. The Morgan fingerprint density at radius 1 is 1.03 bits per heavy atom. The Labute approximate surface area is 178 Å². The molecule has 1 fully saturated rings. The first-order valence-electron chi connectivity index (χ1n) is 9.81. The molecule has 4 rings (SSSR count). The molecule has 1 saturated heterocycles. The lowest BCUT2D eigenvalue weighted by Crippen LogP contribution is -2.56. The Bertz CT molecular complexity index is 1090. The monoisotopic (exact) mass is 426 g/mol. The zero-order valence-electron chi connectivity index (χ0n) is 16.9. The van der Waals surface area contributed by atoms with Gasteiger partial charge in [0.1, 0.15) is 17.1 Å². The number of benzene rings is 1. The van der Waals surface area contributed by atoms with Gasteiger partial charge >= 0.3 is 0 Å². The first-order valence-corrected chi connectivity index (χ1v) is 10.7. The highest BCUT2D eigenvalue weighted by atomic mass is 32.1. The number of aromatic nitrogens is 2. The van der Waals surface area contributed by atoms with E-state index in [-0.39, 0.29) is 17.3 Å². The molecule has 1 amide bonds. The number of hydrogen-bond acceptors (Lipinski definition) is 5. The summed E-state index contributed by atoms with van der Waals surface area (Å²) in [6.45, 7) is 5.80. The average molecular weight is 427 g/mol. The molecule has 6 nitrogen and oxygen atoms in total. The molecule has 3 heterocycles. The van der Waals surface area contributed by atoms with Crippen molar-refractivity contribution in [3.05, 3.63) is 70.1 Å². The quantitative estimate of drug-likeness (QED) is 0.643. The fraction of sp³-hybridized carbons (Fsp3) is 0.318. The van der Waals surface area contributed by atoms with Gasteiger partial charge in [0.15, 0.2) is 0 Å². The van der Waals surface area contributed by atoms with E-state index in [9.17, 15) is 14.0 Å². The topological polar surface area (TPSA) is 58.4 Å². The maximum Gasteiger partial charge on any atom is 0.267 e. The van der Waals surface area contributed by atoms with E-state index in [1.807, 2.05) is 17.5 Å². The van der Waals surface area contributed by atoms with Crippen LogP contribution in [0.1, 0.15) is 13.8 Å². The van der Waals surface area contributed by atoms with Gasteiger partial charge in [0.2, 0.25) is 5.91 Å². The molecule has 30 heavy (non-hydrogen) atoms. The summed E-state index contributed by atoms with van der Waals surface area (Å²) in [5.41, 5.74) is 0.192. The fourth-order valence-electron chi connectivity index (χ4n) is 3.66. The number of carbonyl (C=O) groups is 1. The van der Waals surface area contributed by atoms with Gasteiger partial charge in [-0.25, -0.2) is 9.07 Å². The van der Waals surface area contributed by atoms with Crippen LogP contribution in [0.25, 0.3) is 10.6 Å². The number of halogens is 1. The molecular weight excluding hydrogens is 403 g/mol. The number of rotatable bonds is 4. The van der Waals surface area contributed by atoms with Crippen molar-refractivity contribution in [2.45, 2.75) is 19.4 Å². The molecule has 0 N–H and O–H groups in total. The van der Waals surface area contributed by atoms with E-state index in [4.69, 9.17) is 0 Å². The van der Waals surface area contributed by atoms with E-state index in [2.05, 4.69) is 10.00 Å². The lowest BCUT2D eigenvalue weighted by molar-refractivity contribution is -0.140. The van der Waals surface area contributed by atoms with Gasteiger partial charge in [-0.15, -0.1) is 11.3 Å². The zero-order chi connectivity index (χ0) is 21.3. The third-order valence-electron chi connectivity index (χ3n) is 5.39. The van der Waals surface area contributed by atoms with Gasteiger partial charge in [0.05, 0.1) is 4.88 Å². The second-order valence-electron chi connectivity index (χ2n) is 7.76. The molecule has 0 atom stereocenters. The van der Waals surface area contributed by atoms with Crippen LogP contribution in [0.5, 0.6) is 0 Å². The summed E-state index contributed by atoms with van der Waals surface area (Å²) < 4.78 is 14.4. The van der Waals surface area contributed by atoms with Crippen LogP contribution in [0.3, 0.4) is 0 Å². The van der Waals surface area contributed by atoms with Gasteiger partial charge in [-0.3, -0.25) is 9.59 Å². The molecule has 3 aromatic rings. The van der Waals surface area contributed by atoms with E-state index in [0.717, 1.165) is 10.6 Å². The van der Waals surface area contributed by atoms with Gasteiger partial charge in [0, 0.05) is 37.9 Å². The third-order valence-corrected chi connectivity index (χ3v) is 6.28. The number of anilines is 1. The summed E-state index contributed by atoms with van der Waals surface area (Å²) in [5.74, 6) is -0.406. The maximum absolute atomic E-state index is 13.3. The maximum atomic E-state index is 13.3. The van der Waals surface area contributed by atoms with Crippen LogP contribution >= 0.6 is 11.3 Å². The summed E-state index contributed by atoms with van der Waals surface area (Å²) in [7, 11) is 0. The van der Waals surface area contributed by atoms with Crippen molar-refractivity contribution >= 4 is 22.9 Å². The van der Waals surface area contributed by atoms with Crippen LogP contribution in [0.2, 0.25) is 0 Å². The lowest BCUT2D eigenvalue weighted by atomic mass is 10.0. The van der Waals surface area contributed by atoms with Gasteiger partial charge < -0.3 is 9.80 Å². The van der Waals surface area contributed by atoms with Crippen LogP contribution in [0, 0.1) is 5.82 Å². The number of hydrogen-bond donors (Lipinski definition) is 0. The Morgan fingerprint density at radius 3 is 2.37 bits per heavy atom. The molecule has 8 heteroatoms. The minimum atomic E-state index is -1.11. The predicted octanol–water partition coefficient (Wildman–Crippen LogP) is 3.19. The number of nitrogens with zero attached hydrogens (tertiary/aromatic N) is 4. The van der Waals surface area contributed by atoms with Crippen molar-refractivity contribution < 1.29 is 9.18 Å². The van der Waals surface area contributed by atoms with Crippen molar-refractivity contribution in [1.82, 2.24) is 14.7 Å². The summed E-state index contributed by atoms with van der Waals surface area (Å²) in [6.07, 6.45) is 0. The Hall–Kier alpha value is -3.00. The van der Waals surface area contributed by atoms with Crippen molar-refractivity contribution in [3.63, 3.8) is 0 Å². The van der Waals surface area contributed by atoms with E-state index in [1.54, 1.807) is 36.9 Å². The molecule has 1 aliphatic rings. The van der Waals surface area contributed by atoms with Crippen molar-refractivity contribution in [2.24, 2.45) is 0 Å². The highest BCUT2D eigenvalue weighted by Crippen LogP contribution is 2.24. The number of thiophene rings is 1. The van der Waals surface area contributed by atoms with Gasteiger partial charge in [-0.2, -0.15) is 5.10 Å². The molecule has 1 aliphatic heterocycles. The highest BCUT2D eigenvalue weighted by molar-refractivity contribution is 7.13. The lowest BCUT2D eigenvalue weighted by Gasteiger charge is -2.39. The van der Waals surface area contributed by atoms with Crippen molar-refractivity contribution in [2.75, 3.05) is 31.1 Å². The van der Waals surface area contributed by atoms with Gasteiger partial charge in [-0.05, 0) is 55.6 Å². The smallest absolute Gasteiger partial charge is 0.267 e. The van der Waals surface area contributed by atoms with Crippen molar-refractivity contribution in [1.29, 1.82) is 0 Å². The van der Waals surface area contributed by atoms with Crippen LogP contribution in [-0.4, -0.2) is 46.8 Å². The van der Waals surface area contributed by atoms with Crippen LogP contribution in [0.4, 0.5) is 10.1 Å². The van der Waals surface area contributed by atoms with Crippen LogP contribution in [0.15, 0.2) is 58.7 Å². The molecule has 1 aromatic carbocycles. The minimum Gasteiger partial charge on any atom is -0.368 e. The number of carbonyl (C=O) groups excluding carboxylic acids is 1. The second-order valence-corrected chi connectivity index (χ2v) is 8.71. The van der Waals surface area contributed by atoms with E-state index >= 15 is 0 Å². The number of amides is 1. The molecule has 0 bridgehead atoms. The molecule has 0 aliphatic carbocycles. The standard InChI is InChI=1S/C22H23FN4O2S/c1-22(2,27-20(28)10-9-18(24-27)19-4-3-15-30-19)21(29)26-13-11-25(12-14-26)17-7-5-16(23)6-8-17/h3-10,15H,11-14H2,1-2H3. The summed E-state index contributed by atoms with van der Waals surface area (Å²) >= 11 is 1.53. The minimum absolute atomic E-state index is 0.140. The zero-order valence-corrected chi connectivity index (χ0v) is 17.7. The first-order chi connectivity index (χ1) is 14.4. The normalized spacial score (nSPS) is 14.8. The molecule has 156 valence electrons. The SMILES string of the molecule is CC(C)(C(=O)N1CCN(c2ccc(F)cc2)CC1)n1nc(-c2cccs2)ccc1=O. The van der Waals surface area contributed by atoms with E-state index in [1.165, 1.54) is 34.2 Å². The van der Waals surface area contributed by atoms with Crippen LogP contribution < -0.4 is 10.5 Å². The second kappa shape index (κ2) is 8.02. The Balaban J connectivity index is 1.51. The fourth-order valence-corrected chi connectivity index (χ4v) is 4.36. The molecule has 0 radical (unpaired) electrons. The molecule has 0 unspecified atom stereocenters. The average Bonchev–Trinajstić information content (AvgIpc) is 3.29. The largest absolute Gasteiger partial charge is 0.368 e. The molecule has 0 saturated carbocycles. The number of piperazine rings is 1. The molecule has 2 aromatic heterocycles. The van der Waals surface area contributed by atoms with Gasteiger partial charge in [0.25, 0.3) is 5.56 Å². The first kappa shape index (κ1) is 20.3. The molecular formula is C22H23FN4O2S. The van der Waals surface area contributed by atoms with Crippen LogP contribution in [-0.2, 0) is 10.3 Å². The highest BCUT2D eigenvalue weighted by Gasteiger charge is 2.37. The Kier molecular flexibility index (Phi) is 5.42. The summed E-state index contributed by atoms with van der Waals surface area (Å²) in [5, 5.41) is 6.44. The Morgan fingerprint density at radius 2 is 1.73 bits per heavy atom. The predicted molar refractivity (Wildman–Crippen MR) is 116 cm³/mol. The van der Waals surface area contributed by atoms with E-state index < -0.39 is 5.54 Å². The van der Waals surface area contributed by atoms with Crippen molar-refractivity contribution in [3.8, 4) is 10.6 Å². The van der Waals surface area contributed by atoms with E-state index in [0.29, 0.717) is 31.9 Å². The van der Waals surface area contributed by atoms with Gasteiger partial charge in [-0.1, -0.05) is 6.07 Å². The summed E-state index contributed by atoms with van der Waals surface area (Å²) in [4.78, 5) is 30.7.